The summed E-state index contributed by atoms with van der Waals surface area (Å²) >= 11 is 0. The van der Waals surface area contributed by atoms with E-state index in [2.05, 4.69) is 27.7 Å². The van der Waals surface area contributed by atoms with Crippen LogP contribution in [0.5, 0.6) is 0 Å². The van der Waals surface area contributed by atoms with Crippen molar-refractivity contribution in [2.24, 2.45) is 11.3 Å². The summed E-state index contributed by atoms with van der Waals surface area (Å²) in [6.07, 6.45) is 4.96. The van der Waals surface area contributed by atoms with Crippen LogP contribution in [0.25, 0.3) is 0 Å². The van der Waals surface area contributed by atoms with E-state index < -0.39 is 0 Å². The van der Waals surface area contributed by atoms with Crippen molar-refractivity contribution < 1.29 is 5.11 Å². The minimum Gasteiger partial charge on any atom is -0.396 e. The van der Waals surface area contributed by atoms with Crippen LogP contribution in [0.3, 0.4) is 0 Å². The summed E-state index contributed by atoms with van der Waals surface area (Å²) in [5, 5.41) is 9.22. The highest BCUT2D eigenvalue weighted by Crippen LogP contribution is 2.33. The Kier molecular flexibility index (Phi) is 5.56. The molecule has 0 aromatic heterocycles. The highest BCUT2D eigenvalue weighted by atomic mass is 16.3. The standard InChI is InChI=1S/C11H24O/c1-5-7-10(8-6-2)11(3,4)9-12/h10,12H,5-9H2,1-4H3. The van der Waals surface area contributed by atoms with E-state index in [1.807, 2.05) is 0 Å². The Morgan fingerprint density at radius 3 is 1.75 bits per heavy atom. The molecule has 1 nitrogen and oxygen atoms in total. The minimum absolute atomic E-state index is 0.117. The molecule has 0 saturated carbocycles. The number of hydrogen-bond donors (Lipinski definition) is 1. The van der Waals surface area contributed by atoms with Gasteiger partial charge in [-0.2, -0.15) is 0 Å². The van der Waals surface area contributed by atoms with Gasteiger partial charge in [-0.25, -0.2) is 0 Å². The van der Waals surface area contributed by atoms with Gasteiger partial charge in [-0.3, -0.25) is 0 Å². The van der Waals surface area contributed by atoms with Crippen molar-refractivity contribution in [3.63, 3.8) is 0 Å². The van der Waals surface area contributed by atoms with Crippen LogP contribution in [0, 0.1) is 11.3 Å². The first-order valence-electron chi connectivity index (χ1n) is 5.19. The third-order valence-corrected chi connectivity index (χ3v) is 2.79. The molecule has 0 aliphatic carbocycles. The monoisotopic (exact) mass is 172 g/mol. The molecule has 0 amide bonds. The zero-order valence-electron chi connectivity index (χ0n) is 9.06. The largest absolute Gasteiger partial charge is 0.396 e. The maximum absolute atomic E-state index is 9.22. The van der Waals surface area contributed by atoms with E-state index in [-0.39, 0.29) is 5.41 Å². The first-order valence-corrected chi connectivity index (χ1v) is 5.19. The second-order valence-electron chi connectivity index (χ2n) is 4.42. The summed E-state index contributed by atoms with van der Waals surface area (Å²) < 4.78 is 0. The Labute approximate surface area is 77.2 Å². The van der Waals surface area contributed by atoms with E-state index in [4.69, 9.17) is 0 Å². The maximum atomic E-state index is 9.22. The summed E-state index contributed by atoms with van der Waals surface area (Å²) in [6, 6.07) is 0. The minimum atomic E-state index is 0.117. The summed E-state index contributed by atoms with van der Waals surface area (Å²) in [6.45, 7) is 9.09. The molecule has 0 rings (SSSR count). The van der Waals surface area contributed by atoms with Gasteiger partial charge in [0.05, 0.1) is 0 Å². The van der Waals surface area contributed by atoms with Crippen LogP contribution in [0.15, 0.2) is 0 Å². The van der Waals surface area contributed by atoms with E-state index in [1.54, 1.807) is 0 Å². The second kappa shape index (κ2) is 5.58. The molecule has 0 unspecified atom stereocenters. The van der Waals surface area contributed by atoms with Gasteiger partial charge in [-0.15, -0.1) is 0 Å². The van der Waals surface area contributed by atoms with Gasteiger partial charge in [0.25, 0.3) is 0 Å². The van der Waals surface area contributed by atoms with Gasteiger partial charge in [-0.05, 0) is 11.3 Å². The zero-order chi connectivity index (χ0) is 9.61. The molecule has 0 saturated heterocycles. The average Bonchev–Trinajstić information content (AvgIpc) is 2.04. The molecule has 0 aliphatic rings. The van der Waals surface area contributed by atoms with Gasteiger partial charge < -0.3 is 5.11 Å². The molecular formula is C11H24O. The summed E-state index contributed by atoms with van der Waals surface area (Å²) in [5.41, 5.74) is 0.117. The lowest BCUT2D eigenvalue weighted by atomic mass is 9.75. The van der Waals surface area contributed by atoms with Crippen LogP contribution >= 0.6 is 0 Å². The van der Waals surface area contributed by atoms with E-state index in [0.717, 1.165) is 0 Å². The first kappa shape index (κ1) is 12.0. The molecule has 1 heteroatoms. The van der Waals surface area contributed by atoms with Gasteiger partial charge in [-0.1, -0.05) is 53.4 Å². The van der Waals surface area contributed by atoms with E-state index in [1.165, 1.54) is 25.7 Å². The molecule has 74 valence electrons. The molecule has 0 aliphatic heterocycles. The normalized spacial score (nSPS) is 12.5. The SMILES string of the molecule is CCCC(CCC)C(C)(C)CO. The molecule has 0 radical (unpaired) electrons. The smallest absolute Gasteiger partial charge is 0.0484 e. The Morgan fingerprint density at radius 2 is 1.50 bits per heavy atom. The molecule has 0 bridgehead atoms. The van der Waals surface area contributed by atoms with Crippen LogP contribution < -0.4 is 0 Å². The van der Waals surface area contributed by atoms with E-state index >= 15 is 0 Å². The van der Waals surface area contributed by atoms with Crippen molar-refractivity contribution in [3.05, 3.63) is 0 Å². The van der Waals surface area contributed by atoms with Gasteiger partial charge in [0.1, 0.15) is 0 Å². The highest BCUT2D eigenvalue weighted by Gasteiger charge is 2.26. The fraction of sp³-hybridized carbons (Fsp3) is 1.00. The first-order chi connectivity index (χ1) is 5.58. The third-order valence-electron chi connectivity index (χ3n) is 2.79. The fourth-order valence-electron chi connectivity index (χ4n) is 1.75. The lowest BCUT2D eigenvalue weighted by Crippen LogP contribution is -2.27. The molecule has 0 atom stereocenters. The zero-order valence-corrected chi connectivity index (χ0v) is 9.06. The number of aliphatic hydroxyl groups is 1. The van der Waals surface area contributed by atoms with E-state index in [9.17, 15) is 5.11 Å². The van der Waals surface area contributed by atoms with E-state index in [0.29, 0.717) is 12.5 Å². The van der Waals surface area contributed by atoms with Gasteiger partial charge in [0.15, 0.2) is 0 Å². The maximum Gasteiger partial charge on any atom is 0.0484 e. The third kappa shape index (κ3) is 3.57. The Bertz CT molecular complexity index is 102. The number of rotatable bonds is 6. The average molecular weight is 172 g/mol. The predicted molar refractivity (Wildman–Crippen MR) is 54.2 cm³/mol. The van der Waals surface area contributed by atoms with Crippen LogP contribution in [-0.2, 0) is 0 Å². The van der Waals surface area contributed by atoms with Gasteiger partial charge >= 0.3 is 0 Å². The topological polar surface area (TPSA) is 20.2 Å². The van der Waals surface area contributed by atoms with Crippen molar-refractivity contribution in [3.8, 4) is 0 Å². The molecule has 1 N–H and O–H groups in total. The van der Waals surface area contributed by atoms with Crippen LogP contribution in [-0.4, -0.2) is 11.7 Å². The van der Waals surface area contributed by atoms with Crippen LogP contribution in [0.2, 0.25) is 0 Å². The molecule has 0 heterocycles. The molecule has 0 fully saturated rings. The lowest BCUT2D eigenvalue weighted by Gasteiger charge is -2.32. The molecule has 0 aromatic rings. The molecule has 0 spiro atoms. The molecule has 12 heavy (non-hydrogen) atoms. The van der Waals surface area contributed by atoms with Gasteiger partial charge in [0.2, 0.25) is 0 Å². The van der Waals surface area contributed by atoms with Crippen molar-refractivity contribution >= 4 is 0 Å². The molecular weight excluding hydrogens is 148 g/mol. The van der Waals surface area contributed by atoms with Crippen molar-refractivity contribution in [1.29, 1.82) is 0 Å². The second-order valence-corrected chi connectivity index (χ2v) is 4.42. The van der Waals surface area contributed by atoms with Crippen LogP contribution in [0.4, 0.5) is 0 Å². The lowest BCUT2D eigenvalue weighted by molar-refractivity contribution is 0.0846. The Hall–Kier alpha value is -0.0400. The fourth-order valence-corrected chi connectivity index (χ4v) is 1.75. The quantitative estimate of drug-likeness (QED) is 0.652. The summed E-state index contributed by atoms with van der Waals surface area (Å²) in [5.74, 6) is 0.692. The summed E-state index contributed by atoms with van der Waals surface area (Å²) in [4.78, 5) is 0. The number of aliphatic hydroxyl groups excluding tert-OH is 1. The number of hydrogen-bond acceptors (Lipinski definition) is 1. The highest BCUT2D eigenvalue weighted by molar-refractivity contribution is 4.76. The Morgan fingerprint density at radius 1 is 1.08 bits per heavy atom. The Balaban J connectivity index is 4.07. The van der Waals surface area contributed by atoms with Crippen molar-refractivity contribution in [2.75, 3.05) is 6.61 Å². The summed E-state index contributed by atoms with van der Waals surface area (Å²) in [7, 11) is 0. The predicted octanol–water partition coefficient (Wildman–Crippen LogP) is 3.22. The van der Waals surface area contributed by atoms with Crippen molar-refractivity contribution in [2.45, 2.75) is 53.4 Å². The molecule has 0 aromatic carbocycles. The van der Waals surface area contributed by atoms with Crippen LogP contribution in [0.1, 0.15) is 53.4 Å². The van der Waals surface area contributed by atoms with Gasteiger partial charge in [0, 0.05) is 6.61 Å². The van der Waals surface area contributed by atoms with Crippen molar-refractivity contribution in [1.82, 2.24) is 0 Å².